The van der Waals surface area contributed by atoms with Crippen LogP contribution in [0.15, 0.2) is 18.3 Å². The molecule has 2 rings (SSSR count). The van der Waals surface area contributed by atoms with Crippen LogP contribution in [-0.2, 0) is 11.2 Å². The SMILES string of the molecule is CC(Cc1ccnc(Cl)c1)(C(=O)O)C1CC1. The highest BCUT2D eigenvalue weighted by Crippen LogP contribution is 2.47. The van der Waals surface area contributed by atoms with E-state index in [-0.39, 0.29) is 0 Å². The molecule has 0 saturated heterocycles. The normalized spacial score (nSPS) is 19.1. The van der Waals surface area contributed by atoms with Crippen molar-refractivity contribution >= 4 is 17.6 Å². The van der Waals surface area contributed by atoms with Crippen molar-refractivity contribution in [3.63, 3.8) is 0 Å². The van der Waals surface area contributed by atoms with Crippen molar-refractivity contribution in [1.29, 1.82) is 0 Å². The number of halogens is 1. The number of carboxylic acids is 1. The lowest BCUT2D eigenvalue weighted by Crippen LogP contribution is -2.32. The number of aliphatic carboxylic acids is 1. The summed E-state index contributed by atoms with van der Waals surface area (Å²) in [4.78, 5) is 15.2. The lowest BCUT2D eigenvalue weighted by atomic mass is 9.79. The Morgan fingerprint density at radius 3 is 2.88 bits per heavy atom. The number of hydrogen-bond acceptors (Lipinski definition) is 2. The zero-order valence-corrected chi connectivity index (χ0v) is 9.87. The molecule has 1 aromatic heterocycles. The van der Waals surface area contributed by atoms with Gasteiger partial charge in [-0.05, 0) is 49.8 Å². The minimum absolute atomic E-state index is 0.303. The monoisotopic (exact) mass is 239 g/mol. The highest BCUT2D eigenvalue weighted by Gasteiger charge is 2.47. The molecule has 1 atom stereocenters. The number of nitrogens with zero attached hydrogens (tertiary/aromatic N) is 1. The summed E-state index contributed by atoms with van der Waals surface area (Å²) in [6.07, 6.45) is 4.17. The number of rotatable bonds is 4. The first-order valence-corrected chi connectivity index (χ1v) is 5.74. The van der Waals surface area contributed by atoms with Gasteiger partial charge in [0.15, 0.2) is 0 Å². The summed E-state index contributed by atoms with van der Waals surface area (Å²) in [5.74, 6) is -0.417. The van der Waals surface area contributed by atoms with Crippen LogP contribution >= 0.6 is 11.6 Å². The second-order valence-electron chi connectivity index (χ2n) is 4.66. The quantitative estimate of drug-likeness (QED) is 0.822. The fourth-order valence-corrected chi connectivity index (χ4v) is 2.29. The molecule has 1 aliphatic carbocycles. The molecule has 1 aliphatic rings. The summed E-state index contributed by atoms with van der Waals surface area (Å²) >= 11 is 5.79. The Morgan fingerprint density at radius 2 is 2.38 bits per heavy atom. The second-order valence-corrected chi connectivity index (χ2v) is 5.05. The Bertz CT molecular complexity index is 417. The van der Waals surface area contributed by atoms with Crippen molar-refractivity contribution in [3.8, 4) is 0 Å². The van der Waals surface area contributed by atoms with E-state index >= 15 is 0 Å². The van der Waals surface area contributed by atoms with Gasteiger partial charge in [-0.15, -0.1) is 0 Å². The summed E-state index contributed by atoms with van der Waals surface area (Å²) in [7, 11) is 0. The smallest absolute Gasteiger partial charge is 0.309 e. The topological polar surface area (TPSA) is 50.2 Å². The van der Waals surface area contributed by atoms with E-state index in [4.69, 9.17) is 11.6 Å². The Hall–Kier alpha value is -1.09. The first-order valence-electron chi connectivity index (χ1n) is 5.36. The summed E-state index contributed by atoms with van der Waals surface area (Å²) in [6.45, 7) is 1.82. The maximum atomic E-state index is 11.3. The van der Waals surface area contributed by atoms with Crippen LogP contribution in [-0.4, -0.2) is 16.1 Å². The van der Waals surface area contributed by atoms with E-state index in [1.807, 2.05) is 13.0 Å². The van der Waals surface area contributed by atoms with Gasteiger partial charge in [-0.25, -0.2) is 4.98 Å². The molecule has 1 fully saturated rings. The standard InChI is InChI=1S/C12H14ClNO2/c1-12(11(15)16,9-2-3-9)7-8-4-5-14-10(13)6-8/h4-6,9H,2-3,7H2,1H3,(H,15,16). The molecule has 0 aliphatic heterocycles. The van der Waals surface area contributed by atoms with Crippen LogP contribution in [0, 0.1) is 11.3 Å². The van der Waals surface area contributed by atoms with Gasteiger partial charge in [-0.1, -0.05) is 11.6 Å². The van der Waals surface area contributed by atoms with Gasteiger partial charge in [0, 0.05) is 6.20 Å². The van der Waals surface area contributed by atoms with Crippen LogP contribution in [0.5, 0.6) is 0 Å². The van der Waals surface area contributed by atoms with Gasteiger partial charge in [-0.2, -0.15) is 0 Å². The second kappa shape index (κ2) is 4.06. The maximum Gasteiger partial charge on any atom is 0.309 e. The van der Waals surface area contributed by atoms with Crippen LogP contribution in [0.4, 0.5) is 0 Å². The summed E-state index contributed by atoms with van der Waals surface area (Å²) in [6, 6.07) is 3.57. The molecular weight excluding hydrogens is 226 g/mol. The number of carboxylic acid groups (broad SMARTS) is 1. The maximum absolute atomic E-state index is 11.3. The van der Waals surface area contributed by atoms with Gasteiger partial charge in [0.2, 0.25) is 0 Å². The van der Waals surface area contributed by atoms with E-state index in [1.54, 1.807) is 12.3 Å². The zero-order valence-electron chi connectivity index (χ0n) is 9.11. The number of pyridine rings is 1. The largest absolute Gasteiger partial charge is 0.481 e. The van der Waals surface area contributed by atoms with E-state index in [1.165, 1.54) is 0 Å². The molecular formula is C12H14ClNO2. The average Bonchev–Trinajstić information content (AvgIpc) is 3.00. The summed E-state index contributed by atoms with van der Waals surface area (Å²) in [5, 5.41) is 9.74. The van der Waals surface area contributed by atoms with Crippen LogP contribution in [0.25, 0.3) is 0 Å². The van der Waals surface area contributed by atoms with Crippen molar-refractivity contribution in [2.24, 2.45) is 11.3 Å². The van der Waals surface area contributed by atoms with E-state index in [0.717, 1.165) is 18.4 Å². The molecule has 0 radical (unpaired) electrons. The Balaban J connectivity index is 2.21. The van der Waals surface area contributed by atoms with E-state index in [2.05, 4.69) is 4.98 Å². The van der Waals surface area contributed by atoms with Gasteiger partial charge in [-0.3, -0.25) is 4.79 Å². The van der Waals surface area contributed by atoms with Crippen LogP contribution < -0.4 is 0 Å². The van der Waals surface area contributed by atoms with E-state index in [9.17, 15) is 9.90 Å². The number of aromatic nitrogens is 1. The van der Waals surface area contributed by atoms with Crippen molar-refractivity contribution in [3.05, 3.63) is 29.0 Å². The third kappa shape index (κ3) is 2.19. The van der Waals surface area contributed by atoms with Gasteiger partial charge < -0.3 is 5.11 Å². The highest BCUT2D eigenvalue weighted by molar-refractivity contribution is 6.29. The molecule has 1 N–H and O–H groups in total. The molecule has 0 bridgehead atoms. The van der Waals surface area contributed by atoms with Crippen molar-refractivity contribution in [2.45, 2.75) is 26.2 Å². The lowest BCUT2D eigenvalue weighted by molar-refractivity contribution is -0.149. The number of carbonyl (C=O) groups is 1. The lowest BCUT2D eigenvalue weighted by Gasteiger charge is -2.24. The fourth-order valence-electron chi connectivity index (χ4n) is 2.09. The van der Waals surface area contributed by atoms with Crippen LogP contribution in [0.1, 0.15) is 25.3 Å². The molecule has 1 saturated carbocycles. The first kappa shape index (κ1) is 11.4. The van der Waals surface area contributed by atoms with Gasteiger partial charge in [0.1, 0.15) is 5.15 Å². The molecule has 86 valence electrons. The minimum Gasteiger partial charge on any atom is -0.481 e. The zero-order chi connectivity index (χ0) is 11.8. The highest BCUT2D eigenvalue weighted by atomic mass is 35.5. The first-order chi connectivity index (χ1) is 7.52. The van der Waals surface area contributed by atoms with Crippen molar-refractivity contribution in [2.75, 3.05) is 0 Å². The van der Waals surface area contributed by atoms with Crippen LogP contribution in [0.2, 0.25) is 5.15 Å². The fraction of sp³-hybridized carbons (Fsp3) is 0.500. The van der Waals surface area contributed by atoms with Crippen molar-refractivity contribution < 1.29 is 9.90 Å². The summed E-state index contributed by atoms with van der Waals surface area (Å²) in [5.41, 5.74) is 0.279. The third-order valence-corrected chi connectivity index (χ3v) is 3.54. The third-order valence-electron chi connectivity index (χ3n) is 3.33. The molecule has 1 aromatic rings. The van der Waals surface area contributed by atoms with E-state index in [0.29, 0.717) is 17.5 Å². The molecule has 1 heterocycles. The molecule has 0 aromatic carbocycles. The van der Waals surface area contributed by atoms with Gasteiger partial charge >= 0.3 is 5.97 Å². The van der Waals surface area contributed by atoms with E-state index < -0.39 is 11.4 Å². The molecule has 1 unspecified atom stereocenters. The Labute approximate surface area is 99.5 Å². The van der Waals surface area contributed by atoms with Crippen LogP contribution in [0.3, 0.4) is 0 Å². The average molecular weight is 240 g/mol. The molecule has 0 spiro atoms. The van der Waals surface area contributed by atoms with Gasteiger partial charge in [0.25, 0.3) is 0 Å². The number of hydrogen-bond donors (Lipinski definition) is 1. The Kier molecular flexibility index (Phi) is 2.89. The predicted octanol–water partition coefficient (Wildman–Crippen LogP) is 2.78. The molecule has 0 amide bonds. The molecule has 16 heavy (non-hydrogen) atoms. The van der Waals surface area contributed by atoms with Gasteiger partial charge in [0.05, 0.1) is 5.41 Å². The van der Waals surface area contributed by atoms with Crippen molar-refractivity contribution in [1.82, 2.24) is 4.98 Å². The summed E-state index contributed by atoms with van der Waals surface area (Å²) < 4.78 is 0. The Morgan fingerprint density at radius 1 is 1.69 bits per heavy atom. The molecule has 4 heteroatoms. The minimum atomic E-state index is -0.720. The molecule has 3 nitrogen and oxygen atoms in total. The predicted molar refractivity (Wildman–Crippen MR) is 61.4 cm³/mol.